The zero-order valence-corrected chi connectivity index (χ0v) is 13.3. The zero-order chi connectivity index (χ0) is 16.0. The van der Waals surface area contributed by atoms with Crippen LogP contribution in [-0.4, -0.2) is 36.1 Å². The molecule has 0 aliphatic heterocycles. The predicted molar refractivity (Wildman–Crippen MR) is 81.1 cm³/mol. The molecule has 1 N–H and O–H groups in total. The summed E-state index contributed by atoms with van der Waals surface area (Å²) < 4.78 is 25.4. The Kier molecular flexibility index (Phi) is 6.08. The summed E-state index contributed by atoms with van der Waals surface area (Å²) in [5.41, 5.74) is 0.754. The molecule has 0 fully saturated rings. The molecule has 0 radical (unpaired) electrons. The second kappa shape index (κ2) is 7.36. The lowest BCUT2D eigenvalue weighted by atomic mass is 10.3. The van der Waals surface area contributed by atoms with Crippen LogP contribution in [0.15, 0.2) is 17.5 Å². The second-order valence-electron chi connectivity index (χ2n) is 4.36. The topological polar surface area (TPSA) is 98.5 Å². The number of aliphatic carboxylic acids is 1. The van der Waals surface area contributed by atoms with Crippen molar-refractivity contribution in [1.82, 2.24) is 4.31 Å². The van der Waals surface area contributed by atoms with Gasteiger partial charge >= 0.3 is 5.97 Å². The van der Waals surface area contributed by atoms with E-state index in [1.54, 1.807) is 24.4 Å². The van der Waals surface area contributed by atoms with Gasteiger partial charge in [-0.1, -0.05) is 6.92 Å². The lowest BCUT2D eigenvalue weighted by molar-refractivity contribution is -0.131. The molecule has 1 atom stereocenters. The van der Waals surface area contributed by atoms with Crippen molar-refractivity contribution in [3.05, 3.63) is 28.0 Å². The molecule has 114 valence electrons. The van der Waals surface area contributed by atoms with Crippen LogP contribution in [0, 0.1) is 11.3 Å². The molecule has 0 aromatic carbocycles. The van der Waals surface area contributed by atoms with Crippen LogP contribution in [0.5, 0.6) is 0 Å². The van der Waals surface area contributed by atoms with E-state index in [9.17, 15) is 13.2 Å². The predicted octanol–water partition coefficient (Wildman–Crippen LogP) is 1.91. The first-order chi connectivity index (χ1) is 9.81. The highest BCUT2D eigenvalue weighted by molar-refractivity contribution is 7.89. The largest absolute Gasteiger partial charge is 0.478 e. The molecule has 0 aliphatic rings. The molecule has 0 bridgehead atoms. The van der Waals surface area contributed by atoms with Gasteiger partial charge in [-0.05, 0) is 29.5 Å². The van der Waals surface area contributed by atoms with Gasteiger partial charge in [0.15, 0.2) is 5.25 Å². The molecule has 6 nitrogen and oxygen atoms in total. The summed E-state index contributed by atoms with van der Waals surface area (Å²) in [4.78, 5) is 11.2. The monoisotopic (exact) mass is 328 g/mol. The lowest BCUT2D eigenvalue weighted by Crippen LogP contribution is -2.34. The number of sulfonamides is 1. The van der Waals surface area contributed by atoms with Crippen molar-refractivity contribution >= 4 is 33.4 Å². The van der Waals surface area contributed by atoms with Crippen molar-refractivity contribution in [3.8, 4) is 6.07 Å². The molecule has 0 amide bonds. The van der Waals surface area contributed by atoms with E-state index >= 15 is 0 Å². The van der Waals surface area contributed by atoms with Crippen LogP contribution in [0.25, 0.3) is 6.08 Å². The molecule has 21 heavy (non-hydrogen) atoms. The third kappa shape index (κ3) is 4.67. The van der Waals surface area contributed by atoms with E-state index in [2.05, 4.69) is 0 Å². The number of rotatable bonds is 7. The van der Waals surface area contributed by atoms with E-state index in [4.69, 9.17) is 10.4 Å². The van der Waals surface area contributed by atoms with Gasteiger partial charge in [-0.3, -0.25) is 0 Å². The molecule has 0 aliphatic carbocycles. The average Bonchev–Trinajstić information content (AvgIpc) is 2.85. The lowest BCUT2D eigenvalue weighted by Gasteiger charge is -2.19. The van der Waals surface area contributed by atoms with Crippen LogP contribution in [0.1, 0.15) is 23.8 Å². The summed E-state index contributed by atoms with van der Waals surface area (Å²) >= 11 is 1.33. The van der Waals surface area contributed by atoms with E-state index in [1.165, 1.54) is 24.5 Å². The normalized spacial score (nSPS) is 13.4. The maximum Gasteiger partial charge on any atom is 0.328 e. The number of carboxylic acid groups (broad SMARTS) is 1. The Morgan fingerprint density at radius 1 is 1.62 bits per heavy atom. The Morgan fingerprint density at radius 2 is 2.29 bits per heavy atom. The fourth-order valence-electron chi connectivity index (χ4n) is 1.65. The van der Waals surface area contributed by atoms with E-state index in [-0.39, 0.29) is 13.0 Å². The van der Waals surface area contributed by atoms with Gasteiger partial charge < -0.3 is 5.11 Å². The molecule has 1 heterocycles. The van der Waals surface area contributed by atoms with Crippen molar-refractivity contribution in [2.45, 2.75) is 25.1 Å². The average molecular weight is 328 g/mol. The molecule has 0 saturated carbocycles. The quantitative estimate of drug-likeness (QED) is 0.771. The van der Waals surface area contributed by atoms with Crippen molar-refractivity contribution in [2.75, 3.05) is 7.05 Å². The van der Waals surface area contributed by atoms with Crippen molar-refractivity contribution in [2.24, 2.45) is 0 Å². The van der Waals surface area contributed by atoms with Gasteiger partial charge in [-0.15, -0.1) is 11.3 Å². The molecule has 1 unspecified atom stereocenters. The van der Waals surface area contributed by atoms with Crippen molar-refractivity contribution in [3.63, 3.8) is 0 Å². The third-order valence-electron chi connectivity index (χ3n) is 2.78. The van der Waals surface area contributed by atoms with E-state index in [0.29, 0.717) is 0 Å². The highest BCUT2D eigenvalue weighted by Crippen LogP contribution is 2.20. The second-order valence-corrected chi connectivity index (χ2v) is 7.52. The molecular weight excluding hydrogens is 312 g/mol. The maximum absolute atomic E-state index is 12.1. The number of hydrogen-bond acceptors (Lipinski definition) is 5. The Hall–Kier alpha value is -1.69. The fourth-order valence-corrected chi connectivity index (χ4v) is 3.76. The molecule has 1 aromatic heterocycles. The summed E-state index contributed by atoms with van der Waals surface area (Å²) in [5, 5.41) is 18.1. The molecule has 8 heteroatoms. The number of carbonyl (C=O) groups is 1. The summed E-state index contributed by atoms with van der Waals surface area (Å²) in [7, 11) is -2.22. The molecular formula is C13H16N2O4S2. The number of carboxylic acids is 1. The highest BCUT2D eigenvalue weighted by atomic mass is 32.2. The number of thiophene rings is 1. The SMILES string of the molecule is CCC(C#N)S(=O)(=O)N(C)Cc1csc(C=CC(=O)O)c1. The van der Waals surface area contributed by atoms with Gasteiger partial charge in [-0.25, -0.2) is 13.2 Å². The molecule has 0 spiro atoms. The van der Waals surface area contributed by atoms with Crippen LogP contribution in [0.4, 0.5) is 0 Å². The maximum atomic E-state index is 12.1. The van der Waals surface area contributed by atoms with Crippen molar-refractivity contribution in [1.29, 1.82) is 5.26 Å². The van der Waals surface area contributed by atoms with Crippen LogP contribution < -0.4 is 0 Å². The minimum absolute atomic E-state index is 0.151. The van der Waals surface area contributed by atoms with Gasteiger partial charge in [0.25, 0.3) is 0 Å². The Balaban J connectivity index is 2.83. The first-order valence-electron chi connectivity index (χ1n) is 6.14. The van der Waals surface area contributed by atoms with Gasteiger partial charge in [-0.2, -0.15) is 9.57 Å². The highest BCUT2D eigenvalue weighted by Gasteiger charge is 2.28. The zero-order valence-electron chi connectivity index (χ0n) is 11.7. The minimum atomic E-state index is -3.65. The van der Waals surface area contributed by atoms with E-state index in [1.807, 2.05) is 0 Å². The molecule has 0 saturated heterocycles. The summed E-state index contributed by atoms with van der Waals surface area (Å²) in [6.45, 7) is 1.80. The number of nitriles is 1. The Morgan fingerprint density at radius 3 is 2.81 bits per heavy atom. The number of hydrogen-bond donors (Lipinski definition) is 1. The van der Waals surface area contributed by atoms with Crippen LogP contribution in [0.3, 0.4) is 0 Å². The smallest absolute Gasteiger partial charge is 0.328 e. The first kappa shape index (κ1) is 17.4. The Labute approximate surface area is 128 Å². The van der Waals surface area contributed by atoms with Crippen LogP contribution >= 0.6 is 11.3 Å². The van der Waals surface area contributed by atoms with Crippen molar-refractivity contribution < 1.29 is 18.3 Å². The summed E-state index contributed by atoms with van der Waals surface area (Å²) in [5.74, 6) is -1.04. The standard InChI is InChI=1S/C13H16N2O4S2/c1-3-12(7-14)21(18,19)15(2)8-10-6-11(20-9-10)4-5-13(16)17/h4-6,9,12H,3,8H2,1-2H3,(H,16,17). The number of nitrogens with zero attached hydrogens (tertiary/aromatic N) is 2. The third-order valence-corrected chi connectivity index (χ3v) is 5.88. The summed E-state index contributed by atoms with van der Waals surface area (Å²) in [6.07, 6.45) is 2.72. The van der Waals surface area contributed by atoms with Gasteiger partial charge in [0, 0.05) is 24.5 Å². The van der Waals surface area contributed by atoms with Gasteiger partial charge in [0.2, 0.25) is 10.0 Å². The molecule has 1 aromatic rings. The summed E-state index contributed by atoms with van der Waals surface area (Å²) in [6, 6.07) is 3.52. The van der Waals surface area contributed by atoms with Gasteiger partial charge in [0.05, 0.1) is 6.07 Å². The Bertz CT molecular complexity index is 671. The van der Waals surface area contributed by atoms with Crippen LogP contribution in [0.2, 0.25) is 0 Å². The first-order valence-corrected chi connectivity index (χ1v) is 8.52. The van der Waals surface area contributed by atoms with E-state index in [0.717, 1.165) is 20.8 Å². The van der Waals surface area contributed by atoms with E-state index < -0.39 is 21.2 Å². The minimum Gasteiger partial charge on any atom is -0.478 e. The fraction of sp³-hybridized carbons (Fsp3) is 0.385. The van der Waals surface area contributed by atoms with Gasteiger partial charge in [0.1, 0.15) is 0 Å². The molecule has 1 rings (SSSR count). The van der Waals surface area contributed by atoms with Crippen LogP contribution in [-0.2, 0) is 21.4 Å².